The first-order valence-electron chi connectivity index (χ1n) is 4.90. The summed E-state index contributed by atoms with van der Waals surface area (Å²) in [4.78, 5) is 4.06. The van der Waals surface area contributed by atoms with Crippen molar-refractivity contribution in [3.8, 4) is 0 Å². The summed E-state index contributed by atoms with van der Waals surface area (Å²) >= 11 is 0. The largest absolute Gasteiger partial charge is 2.00 e. The van der Waals surface area contributed by atoms with E-state index in [4.69, 9.17) is 0 Å². The van der Waals surface area contributed by atoms with Crippen molar-refractivity contribution in [2.75, 3.05) is 0 Å². The van der Waals surface area contributed by atoms with Crippen LogP contribution < -0.4 is 0 Å². The summed E-state index contributed by atoms with van der Waals surface area (Å²) in [5.41, 5.74) is 1.00. The van der Waals surface area contributed by atoms with Gasteiger partial charge in [0, 0.05) is 0 Å². The van der Waals surface area contributed by atoms with Gasteiger partial charge in [-0.05, 0) is 5.52 Å². The molecule has 0 spiro atoms. The molecular weight excluding hydrogens is 234 g/mol. The van der Waals surface area contributed by atoms with Gasteiger partial charge < -0.3 is 4.98 Å². The van der Waals surface area contributed by atoms with E-state index in [0.717, 1.165) is 11.9 Å². The van der Waals surface area contributed by atoms with Crippen molar-refractivity contribution < 1.29 is 17.4 Å². The molecule has 0 aliphatic heterocycles. The second-order valence-electron chi connectivity index (χ2n) is 3.14. The van der Waals surface area contributed by atoms with Gasteiger partial charge in [-0.25, -0.2) is 12.2 Å². The van der Waals surface area contributed by atoms with Crippen molar-refractivity contribution >= 4 is 10.9 Å². The van der Waals surface area contributed by atoms with E-state index in [9.17, 15) is 0 Å². The molecule has 0 unspecified atom stereocenters. The summed E-state index contributed by atoms with van der Waals surface area (Å²) in [6, 6.07) is 11.8. The SMILES string of the molecule is [C-]1=CC=CC1.[Cr+2].[c-]1ccc2ccccc2n1. The Balaban J connectivity index is 0.000000183. The third-order valence-corrected chi connectivity index (χ3v) is 2.05. The van der Waals surface area contributed by atoms with Gasteiger partial charge in [-0.15, -0.1) is 11.8 Å². The number of pyridine rings is 1. The van der Waals surface area contributed by atoms with E-state index in [1.165, 1.54) is 5.39 Å². The molecule has 1 aromatic carbocycles. The van der Waals surface area contributed by atoms with E-state index in [1.807, 2.05) is 48.6 Å². The first-order valence-corrected chi connectivity index (χ1v) is 4.90. The van der Waals surface area contributed by atoms with E-state index < -0.39 is 0 Å². The molecule has 0 saturated heterocycles. The van der Waals surface area contributed by atoms with E-state index >= 15 is 0 Å². The fourth-order valence-electron chi connectivity index (χ4n) is 1.30. The van der Waals surface area contributed by atoms with Gasteiger partial charge in [0.2, 0.25) is 0 Å². The zero-order chi connectivity index (χ0) is 10.3. The Morgan fingerprint density at radius 2 is 2.00 bits per heavy atom. The van der Waals surface area contributed by atoms with Crippen LogP contribution in [0.15, 0.2) is 54.6 Å². The third kappa shape index (κ3) is 3.66. The van der Waals surface area contributed by atoms with Crippen molar-refractivity contribution in [3.63, 3.8) is 0 Å². The Morgan fingerprint density at radius 3 is 2.62 bits per heavy atom. The molecule has 0 atom stereocenters. The first kappa shape index (κ1) is 12.7. The maximum Gasteiger partial charge on any atom is 2.00 e. The van der Waals surface area contributed by atoms with Gasteiger partial charge in [-0.1, -0.05) is 30.5 Å². The molecule has 1 aliphatic rings. The van der Waals surface area contributed by atoms with E-state index in [0.29, 0.717) is 0 Å². The first-order chi connectivity index (χ1) is 7.47. The number of fused-ring (bicyclic) bond motifs is 1. The van der Waals surface area contributed by atoms with Gasteiger partial charge in [0.05, 0.1) is 0 Å². The van der Waals surface area contributed by atoms with Crippen molar-refractivity contribution in [2.24, 2.45) is 0 Å². The van der Waals surface area contributed by atoms with Gasteiger partial charge in [0.25, 0.3) is 0 Å². The van der Waals surface area contributed by atoms with Gasteiger partial charge >= 0.3 is 17.4 Å². The normalized spacial score (nSPS) is 11.8. The molecule has 0 radical (unpaired) electrons. The number of allylic oxidation sites excluding steroid dienone is 4. The maximum atomic E-state index is 4.06. The number of hydrogen-bond donors (Lipinski definition) is 0. The number of aromatic nitrogens is 1. The fourth-order valence-corrected chi connectivity index (χ4v) is 1.30. The van der Waals surface area contributed by atoms with Crippen molar-refractivity contribution in [1.29, 1.82) is 0 Å². The van der Waals surface area contributed by atoms with E-state index in [-0.39, 0.29) is 17.4 Å². The molecule has 78 valence electrons. The summed E-state index contributed by atoms with van der Waals surface area (Å²) in [5, 5.41) is 1.17. The standard InChI is InChI=1S/C9H6N.C5H5.Cr/c1-2-6-9-8(4-1)5-3-7-10-9;1-2-4-5-3-1;/h1-6H;1-3H,4H2;/q2*-1;+2. The minimum absolute atomic E-state index is 0. The molecule has 2 aromatic rings. The average Bonchev–Trinajstić information content (AvgIpc) is 2.88. The summed E-state index contributed by atoms with van der Waals surface area (Å²) in [6.45, 7) is 0. The van der Waals surface area contributed by atoms with Crippen LogP contribution in [-0.2, 0) is 17.4 Å². The molecule has 3 rings (SSSR count). The molecule has 0 bridgehead atoms. The Bertz CT molecular complexity index is 413. The Morgan fingerprint density at radius 1 is 1.12 bits per heavy atom. The van der Waals surface area contributed by atoms with Gasteiger partial charge in [0.1, 0.15) is 0 Å². The molecule has 1 nitrogen and oxygen atoms in total. The minimum atomic E-state index is 0. The summed E-state index contributed by atoms with van der Waals surface area (Å²) in [7, 11) is 0. The minimum Gasteiger partial charge on any atom is -0.386 e. The Labute approximate surface area is 107 Å². The molecule has 1 aliphatic carbocycles. The van der Waals surface area contributed by atoms with Crippen molar-refractivity contribution in [1.82, 2.24) is 4.98 Å². The average molecular weight is 245 g/mol. The van der Waals surface area contributed by atoms with Crippen molar-refractivity contribution in [2.45, 2.75) is 6.42 Å². The quantitative estimate of drug-likeness (QED) is 0.649. The Kier molecular flexibility index (Phi) is 5.57. The van der Waals surface area contributed by atoms with Crippen LogP contribution in [0.5, 0.6) is 0 Å². The molecule has 0 amide bonds. The molecule has 0 fully saturated rings. The van der Waals surface area contributed by atoms with Gasteiger partial charge in [-0.3, -0.25) is 6.08 Å². The second kappa shape index (κ2) is 7.01. The zero-order valence-corrected chi connectivity index (χ0v) is 10.0. The van der Waals surface area contributed by atoms with Crippen LogP contribution >= 0.6 is 0 Å². The maximum absolute atomic E-state index is 4.06. The number of rotatable bonds is 0. The number of para-hydroxylation sites is 1. The molecule has 0 N–H and O–H groups in total. The topological polar surface area (TPSA) is 12.9 Å². The van der Waals surface area contributed by atoms with Crippen LogP contribution in [0.25, 0.3) is 10.9 Å². The van der Waals surface area contributed by atoms with Crippen molar-refractivity contribution in [3.05, 3.63) is 66.9 Å². The molecule has 1 aromatic heterocycles. The van der Waals surface area contributed by atoms with Crippen LogP contribution in [0, 0.1) is 12.3 Å². The van der Waals surface area contributed by atoms with Crippen LogP contribution in [0.4, 0.5) is 0 Å². The van der Waals surface area contributed by atoms with E-state index in [2.05, 4.69) is 23.3 Å². The predicted octanol–water partition coefficient (Wildman–Crippen LogP) is 3.34. The monoisotopic (exact) mass is 245 g/mol. The molecule has 2 heteroatoms. The smallest absolute Gasteiger partial charge is 0.386 e. The predicted molar refractivity (Wildman–Crippen MR) is 62.1 cm³/mol. The summed E-state index contributed by atoms with van der Waals surface area (Å²) in [6.07, 6.45) is 12.8. The summed E-state index contributed by atoms with van der Waals surface area (Å²) < 4.78 is 0. The molecule has 16 heavy (non-hydrogen) atoms. The number of benzene rings is 1. The van der Waals surface area contributed by atoms with Gasteiger partial charge in [-0.2, -0.15) is 18.2 Å². The van der Waals surface area contributed by atoms with E-state index in [1.54, 1.807) is 0 Å². The van der Waals surface area contributed by atoms with Gasteiger partial charge in [0.15, 0.2) is 0 Å². The van der Waals surface area contributed by atoms with Crippen LogP contribution in [-0.4, -0.2) is 4.98 Å². The van der Waals surface area contributed by atoms with Crippen LogP contribution in [0.2, 0.25) is 0 Å². The second-order valence-corrected chi connectivity index (χ2v) is 3.14. The van der Waals surface area contributed by atoms with Crippen LogP contribution in [0.1, 0.15) is 6.42 Å². The number of nitrogens with zero attached hydrogens (tertiary/aromatic N) is 1. The number of hydrogen-bond acceptors (Lipinski definition) is 1. The Hall–Kier alpha value is -1.36. The zero-order valence-electron chi connectivity index (χ0n) is 8.76. The summed E-state index contributed by atoms with van der Waals surface area (Å²) in [5.74, 6) is 0. The molecular formula is C14H11CrN. The third-order valence-electron chi connectivity index (χ3n) is 2.05. The van der Waals surface area contributed by atoms with Crippen LogP contribution in [0.3, 0.4) is 0 Å². The fraction of sp³-hybridized carbons (Fsp3) is 0.0714. The molecule has 0 saturated carbocycles. The molecule has 1 heterocycles.